The number of hydrogen-bond donors (Lipinski definition) is 0. The number of ether oxygens (including phenoxy) is 4. The Morgan fingerprint density at radius 1 is 0.578 bits per heavy atom. The van der Waals surface area contributed by atoms with Crippen molar-refractivity contribution < 1.29 is 18.9 Å². The molecule has 0 aromatic heterocycles. The lowest BCUT2D eigenvalue weighted by atomic mass is 9.68. The van der Waals surface area contributed by atoms with Gasteiger partial charge in [0.1, 0.15) is 11.5 Å². The topological polar surface area (TPSA) is 36.9 Å². The summed E-state index contributed by atoms with van der Waals surface area (Å²) in [7, 11) is 0. The highest BCUT2D eigenvalue weighted by Gasteiger charge is 2.45. The lowest BCUT2D eigenvalue weighted by Crippen LogP contribution is -2.28. The molecule has 2 unspecified atom stereocenters. The fourth-order valence-electron chi connectivity index (χ4n) is 7.21. The van der Waals surface area contributed by atoms with Gasteiger partial charge in [-0.3, -0.25) is 0 Å². The molecule has 4 aromatic rings. The van der Waals surface area contributed by atoms with E-state index < -0.39 is 5.41 Å². The number of fused-ring (bicyclic) bond motifs is 3. The first-order valence-electron chi connectivity index (χ1n) is 16.9. The molecule has 4 nitrogen and oxygen atoms in total. The summed E-state index contributed by atoms with van der Waals surface area (Å²) in [5, 5.41) is 0. The molecule has 0 N–H and O–H groups in total. The third kappa shape index (κ3) is 6.15. The van der Waals surface area contributed by atoms with Crippen molar-refractivity contribution in [2.75, 3.05) is 39.6 Å². The minimum absolute atomic E-state index is 0.430. The third-order valence-corrected chi connectivity index (χ3v) is 10.1. The summed E-state index contributed by atoms with van der Waals surface area (Å²) in [5.74, 6) is 4.37. The van der Waals surface area contributed by atoms with Crippen molar-refractivity contribution in [1.82, 2.24) is 0 Å². The number of rotatable bonds is 14. The van der Waals surface area contributed by atoms with E-state index in [1.165, 1.54) is 59.1 Å². The first kappa shape index (κ1) is 30.1. The second-order valence-corrected chi connectivity index (χ2v) is 13.7. The van der Waals surface area contributed by atoms with E-state index in [2.05, 4.69) is 111 Å². The van der Waals surface area contributed by atoms with Crippen LogP contribution in [0.3, 0.4) is 0 Å². The second-order valence-electron chi connectivity index (χ2n) is 13.7. The Bertz CT molecular complexity index is 1430. The van der Waals surface area contributed by atoms with Crippen LogP contribution >= 0.6 is 0 Å². The lowest BCUT2D eigenvalue weighted by molar-refractivity contribution is -0.0382. The maximum Gasteiger partial charge on any atom is 0.119 e. The van der Waals surface area contributed by atoms with Gasteiger partial charge >= 0.3 is 0 Å². The van der Waals surface area contributed by atoms with E-state index in [1.54, 1.807) is 0 Å². The van der Waals surface area contributed by atoms with Crippen molar-refractivity contribution in [2.24, 2.45) is 23.7 Å². The van der Waals surface area contributed by atoms with Crippen molar-refractivity contribution in [1.29, 1.82) is 0 Å². The smallest absolute Gasteiger partial charge is 0.119 e. The Balaban J connectivity index is 1.14. The van der Waals surface area contributed by atoms with Gasteiger partial charge in [-0.25, -0.2) is 0 Å². The molecule has 0 spiro atoms. The van der Waals surface area contributed by atoms with Crippen molar-refractivity contribution in [3.05, 3.63) is 119 Å². The number of benzene rings is 4. The second kappa shape index (κ2) is 13.4. The average Bonchev–Trinajstić information content (AvgIpc) is 3.33. The lowest BCUT2D eigenvalue weighted by Gasteiger charge is -2.34. The molecule has 4 heteroatoms. The van der Waals surface area contributed by atoms with Gasteiger partial charge in [0, 0.05) is 11.8 Å². The Morgan fingerprint density at radius 3 is 1.36 bits per heavy atom. The van der Waals surface area contributed by atoms with E-state index in [1.807, 2.05) is 0 Å². The monoisotopic (exact) mass is 602 g/mol. The van der Waals surface area contributed by atoms with Gasteiger partial charge in [0.05, 0.1) is 45.1 Å². The molecule has 234 valence electrons. The molecule has 7 rings (SSSR count). The van der Waals surface area contributed by atoms with E-state index >= 15 is 0 Å². The maximum absolute atomic E-state index is 6.29. The molecular formula is C41H46O4. The van der Waals surface area contributed by atoms with Crippen LogP contribution in [0.15, 0.2) is 97.1 Å². The summed E-state index contributed by atoms with van der Waals surface area (Å²) in [4.78, 5) is 0. The van der Waals surface area contributed by atoms with Crippen LogP contribution < -0.4 is 9.47 Å². The van der Waals surface area contributed by atoms with Crippen LogP contribution in [-0.4, -0.2) is 39.6 Å². The maximum atomic E-state index is 6.29. The van der Waals surface area contributed by atoms with Crippen LogP contribution in [0, 0.1) is 23.7 Å². The molecule has 4 aromatic carbocycles. The van der Waals surface area contributed by atoms with Crippen molar-refractivity contribution >= 4 is 0 Å². The predicted octanol–water partition coefficient (Wildman–Crippen LogP) is 8.93. The number of hydrogen-bond acceptors (Lipinski definition) is 4. The van der Waals surface area contributed by atoms with Crippen LogP contribution in [-0.2, 0) is 14.9 Å². The van der Waals surface area contributed by atoms with Gasteiger partial charge in [-0.15, -0.1) is 0 Å². The zero-order chi connectivity index (χ0) is 30.6. The molecule has 0 radical (unpaired) electrons. The largest absolute Gasteiger partial charge is 0.493 e. The fraction of sp³-hybridized carbons (Fsp3) is 0.415. The summed E-state index contributed by atoms with van der Waals surface area (Å²) >= 11 is 0. The standard InChI is InChI=1S/C41H46O4/c1-29(11-13-31-25-42-26-31)23-44-35-19-15-33(16-20-35)41(39-9-5-3-7-37(39)38-8-4-6-10-40(38)41)34-17-21-36(22-18-34)45-24-30(2)12-14-32-27-43-28-32/h3-10,15-22,29-32H,11-14,23-28H2,1-2H3. The first-order valence-corrected chi connectivity index (χ1v) is 16.9. The minimum atomic E-state index is -0.430. The molecule has 0 amide bonds. The first-order chi connectivity index (χ1) is 22.1. The molecule has 1 aliphatic carbocycles. The SMILES string of the molecule is CC(CCC1COC1)COc1ccc(C2(c3ccc(OCC(C)CCC4COC4)cc3)c3ccccc3-c3ccccc32)cc1. The molecule has 0 saturated carbocycles. The zero-order valence-electron chi connectivity index (χ0n) is 26.8. The normalized spacial score (nSPS) is 18.3. The summed E-state index contributed by atoms with van der Waals surface area (Å²) in [6, 6.07) is 35.5. The van der Waals surface area contributed by atoms with Gasteiger partial charge in [0.2, 0.25) is 0 Å². The fourth-order valence-corrected chi connectivity index (χ4v) is 7.21. The van der Waals surface area contributed by atoms with Crippen LogP contribution in [0.25, 0.3) is 11.1 Å². The molecule has 2 aliphatic heterocycles. The van der Waals surface area contributed by atoms with Crippen LogP contribution in [0.2, 0.25) is 0 Å². The van der Waals surface area contributed by atoms with Crippen LogP contribution in [0.1, 0.15) is 61.8 Å². The summed E-state index contributed by atoms with van der Waals surface area (Å²) in [6.45, 7) is 9.74. The Morgan fingerprint density at radius 2 is 0.978 bits per heavy atom. The molecule has 2 saturated heterocycles. The Labute approximate surface area is 268 Å². The predicted molar refractivity (Wildman–Crippen MR) is 180 cm³/mol. The van der Waals surface area contributed by atoms with Gasteiger partial charge in [-0.2, -0.15) is 0 Å². The van der Waals surface area contributed by atoms with Crippen molar-refractivity contribution in [3.63, 3.8) is 0 Å². The van der Waals surface area contributed by atoms with Gasteiger partial charge in [-0.1, -0.05) is 86.6 Å². The molecule has 2 heterocycles. The average molecular weight is 603 g/mol. The van der Waals surface area contributed by atoms with Gasteiger partial charge in [0.25, 0.3) is 0 Å². The summed E-state index contributed by atoms with van der Waals surface area (Å²) in [6.07, 6.45) is 4.81. The van der Waals surface area contributed by atoms with Crippen molar-refractivity contribution in [2.45, 2.75) is 44.9 Å². The molecule has 0 bridgehead atoms. The molecular weight excluding hydrogens is 556 g/mol. The quantitative estimate of drug-likeness (QED) is 0.127. The van der Waals surface area contributed by atoms with Gasteiger partial charge in [0.15, 0.2) is 0 Å². The van der Waals surface area contributed by atoms with Gasteiger partial charge in [-0.05, 0) is 95.2 Å². The highest BCUT2D eigenvalue weighted by Crippen LogP contribution is 2.56. The highest BCUT2D eigenvalue weighted by atomic mass is 16.5. The molecule has 45 heavy (non-hydrogen) atoms. The van der Waals surface area contributed by atoms with Crippen LogP contribution in [0.5, 0.6) is 11.5 Å². The molecule has 2 atom stereocenters. The van der Waals surface area contributed by atoms with Crippen molar-refractivity contribution in [3.8, 4) is 22.6 Å². The summed E-state index contributed by atoms with van der Waals surface area (Å²) < 4.78 is 23.3. The minimum Gasteiger partial charge on any atom is -0.493 e. The van der Waals surface area contributed by atoms with E-state index in [0.717, 1.165) is 63.0 Å². The molecule has 3 aliphatic rings. The van der Waals surface area contributed by atoms with Gasteiger partial charge < -0.3 is 18.9 Å². The van der Waals surface area contributed by atoms with E-state index in [0.29, 0.717) is 11.8 Å². The highest BCUT2D eigenvalue weighted by molar-refractivity contribution is 5.86. The Hall–Kier alpha value is -3.60. The Kier molecular flexibility index (Phi) is 8.96. The van der Waals surface area contributed by atoms with E-state index in [-0.39, 0.29) is 0 Å². The van der Waals surface area contributed by atoms with E-state index in [4.69, 9.17) is 18.9 Å². The summed E-state index contributed by atoms with van der Waals surface area (Å²) in [5.41, 5.74) is 7.28. The third-order valence-electron chi connectivity index (χ3n) is 10.1. The molecule has 2 fully saturated rings. The zero-order valence-corrected chi connectivity index (χ0v) is 26.8. The van der Waals surface area contributed by atoms with E-state index in [9.17, 15) is 0 Å². The van der Waals surface area contributed by atoms with Crippen LogP contribution in [0.4, 0.5) is 0 Å².